The number of H-pyrrole nitrogens is 1. The maximum atomic E-state index is 11.5. The smallest absolute Gasteiger partial charge is 0.353 e. The topological polar surface area (TPSA) is 151 Å². The van der Waals surface area contributed by atoms with Gasteiger partial charge in [0.15, 0.2) is 0 Å². The first kappa shape index (κ1) is 18.8. The summed E-state index contributed by atoms with van der Waals surface area (Å²) < 4.78 is 22.2. The van der Waals surface area contributed by atoms with Crippen molar-refractivity contribution >= 4 is 7.60 Å². The fourth-order valence-electron chi connectivity index (χ4n) is 1.42. The molecule has 1 aromatic heterocycles. The minimum atomic E-state index is -4.05. The number of ether oxygens (including phenoxy) is 1. The summed E-state index contributed by atoms with van der Waals surface area (Å²) in [6.45, 7) is 0.483. The van der Waals surface area contributed by atoms with E-state index in [-0.39, 0.29) is 13.2 Å². The lowest BCUT2D eigenvalue weighted by atomic mass is 10.4. The first-order valence-corrected chi connectivity index (χ1v) is 8.15. The van der Waals surface area contributed by atoms with Gasteiger partial charge in [-0.1, -0.05) is 0 Å². The van der Waals surface area contributed by atoms with Crippen LogP contribution in [0.3, 0.4) is 0 Å². The molecule has 0 spiro atoms. The zero-order chi connectivity index (χ0) is 16.8. The molecule has 0 saturated heterocycles. The van der Waals surface area contributed by atoms with Gasteiger partial charge >= 0.3 is 13.3 Å². The van der Waals surface area contributed by atoms with Crippen LogP contribution in [0.1, 0.15) is 5.56 Å². The van der Waals surface area contributed by atoms with E-state index in [0.717, 1.165) is 0 Å². The van der Waals surface area contributed by atoms with E-state index in [4.69, 9.17) is 14.9 Å². The minimum absolute atomic E-state index is 0.0537. The lowest BCUT2D eigenvalue weighted by Crippen LogP contribution is -2.31. The number of aryl methyl sites for hydroxylation is 1. The lowest BCUT2D eigenvalue weighted by Gasteiger charge is -2.14. The third kappa shape index (κ3) is 6.22. The molecular formula is C11H19N2O8P. The van der Waals surface area contributed by atoms with E-state index in [1.165, 1.54) is 17.7 Å². The summed E-state index contributed by atoms with van der Waals surface area (Å²) in [4.78, 5) is 34.2. The Morgan fingerprint density at radius 1 is 1.45 bits per heavy atom. The van der Waals surface area contributed by atoms with Crippen LogP contribution in [-0.2, 0) is 20.4 Å². The third-order valence-electron chi connectivity index (χ3n) is 2.60. The highest BCUT2D eigenvalue weighted by Gasteiger charge is 2.21. The number of hydrogen-bond donors (Lipinski definition) is 4. The van der Waals surface area contributed by atoms with Crippen molar-refractivity contribution < 1.29 is 28.9 Å². The van der Waals surface area contributed by atoms with Gasteiger partial charge in [-0.25, -0.2) is 4.79 Å². The summed E-state index contributed by atoms with van der Waals surface area (Å²) in [7, 11) is -4.05. The Bertz CT molecular complexity index is 640. The van der Waals surface area contributed by atoms with Gasteiger partial charge in [-0.15, -0.1) is 0 Å². The Morgan fingerprint density at radius 3 is 2.77 bits per heavy atom. The number of aromatic nitrogens is 2. The van der Waals surface area contributed by atoms with E-state index in [0.29, 0.717) is 5.56 Å². The van der Waals surface area contributed by atoms with Crippen molar-refractivity contribution in [3.63, 3.8) is 0 Å². The number of aromatic amines is 1. The normalized spacial score (nSPS) is 15.5. The quantitative estimate of drug-likeness (QED) is 0.310. The zero-order valence-electron chi connectivity index (χ0n) is 12.0. The van der Waals surface area contributed by atoms with Crippen molar-refractivity contribution in [1.29, 1.82) is 0 Å². The number of nitrogens with zero attached hydrogens (tertiary/aromatic N) is 1. The van der Waals surface area contributed by atoms with Crippen LogP contribution in [0, 0.1) is 6.92 Å². The van der Waals surface area contributed by atoms with Gasteiger partial charge < -0.3 is 24.4 Å². The van der Waals surface area contributed by atoms with Crippen LogP contribution in [0.15, 0.2) is 15.8 Å². The molecule has 1 rings (SSSR count). The molecule has 0 radical (unpaired) electrons. The van der Waals surface area contributed by atoms with Gasteiger partial charge in [0.1, 0.15) is 12.5 Å². The van der Waals surface area contributed by atoms with E-state index in [9.17, 15) is 19.0 Å². The molecular weight excluding hydrogens is 319 g/mol. The molecule has 2 atom stereocenters. The Hall–Kier alpha value is -1.29. The van der Waals surface area contributed by atoms with Crippen molar-refractivity contribution in [3.8, 4) is 0 Å². The van der Waals surface area contributed by atoms with Crippen LogP contribution < -0.4 is 11.2 Å². The summed E-state index contributed by atoms with van der Waals surface area (Å²) in [5.41, 5.74) is -0.722. The van der Waals surface area contributed by atoms with Crippen LogP contribution in [-0.4, -0.2) is 56.9 Å². The standard InChI is InChI=1S/C11H19N2O8P/c1-8-4-13(11(17)12-10(8)16)2-3-20-7-22(18,19)21-6-9(15)5-14/h4,9,14-15H,2-3,5-7H2,1H3,(H,18,19)(H,12,16,17). The van der Waals surface area contributed by atoms with E-state index in [1.54, 1.807) is 0 Å². The van der Waals surface area contributed by atoms with Gasteiger partial charge in [0.05, 0.1) is 26.4 Å². The molecule has 0 aliphatic rings. The van der Waals surface area contributed by atoms with Crippen molar-refractivity contribution in [2.75, 3.05) is 26.2 Å². The van der Waals surface area contributed by atoms with Crippen LogP contribution in [0.5, 0.6) is 0 Å². The summed E-state index contributed by atoms with van der Waals surface area (Å²) in [5, 5.41) is 17.6. The van der Waals surface area contributed by atoms with E-state index < -0.39 is 44.5 Å². The van der Waals surface area contributed by atoms with Crippen molar-refractivity contribution in [2.45, 2.75) is 19.6 Å². The average Bonchev–Trinajstić information content (AvgIpc) is 2.46. The molecule has 4 N–H and O–H groups in total. The maximum Gasteiger partial charge on any atom is 0.353 e. The van der Waals surface area contributed by atoms with Crippen molar-refractivity contribution in [2.24, 2.45) is 0 Å². The molecule has 11 heteroatoms. The summed E-state index contributed by atoms with van der Waals surface area (Å²) in [6, 6.07) is 0. The summed E-state index contributed by atoms with van der Waals surface area (Å²) >= 11 is 0. The third-order valence-corrected chi connectivity index (χ3v) is 3.66. The molecule has 0 aliphatic heterocycles. The average molecular weight is 338 g/mol. The van der Waals surface area contributed by atoms with Crippen molar-refractivity contribution in [1.82, 2.24) is 9.55 Å². The molecule has 10 nitrogen and oxygen atoms in total. The first-order chi connectivity index (χ1) is 10.2. The number of aliphatic hydroxyl groups excluding tert-OH is 2. The SMILES string of the molecule is Cc1cn(CCOCP(=O)(O)OCC(O)CO)c(=O)[nH]c1=O. The molecule has 2 unspecified atom stereocenters. The first-order valence-electron chi connectivity index (χ1n) is 6.38. The van der Waals surface area contributed by atoms with Crippen LogP contribution in [0.4, 0.5) is 0 Å². The largest absolute Gasteiger partial charge is 0.394 e. The summed E-state index contributed by atoms with van der Waals surface area (Å²) in [6.07, 6.45) is -0.512. The maximum absolute atomic E-state index is 11.5. The number of rotatable bonds is 9. The molecule has 0 fully saturated rings. The van der Waals surface area contributed by atoms with E-state index >= 15 is 0 Å². The van der Waals surface area contributed by atoms with Gasteiger partial charge in [-0.05, 0) is 6.92 Å². The van der Waals surface area contributed by atoms with Crippen LogP contribution >= 0.6 is 7.60 Å². The molecule has 126 valence electrons. The highest BCUT2D eigenvalue weighted by atomic mass is 31.2. The number of nitrogens with one attached hydrogen (secondary N) is 1. The summed E-state index contributed by atoms with van der Waals surface area (Å²) in [5.74, 6) is 0. The number of aliphatic hydroxyl groups is 2. The van der Waals surface area contributed by atoms with Crippen LogP contribution in [0.2, 0.25) is 0 Å². The molecule has 0 amide bonds. The van der Waals surface area contributed by atoms with Gasteiger partial charge in [0.2, 0.25) is 0 Å². The number of hydrogen-bond acceptors (Lipinski definition) is 7. The second-order valence-electron chi connectivity index (χ2n) is 4.57. The Kier molecular flexibility index (Phi) is 7.14. The minimum Gasteiger partial charge on any atom is -0.394 e. The Balaban J connectivity index is 2.42. The monoisotopic (exact) mass is 338 g/mol. The Morgan fingerprint density at radius 2 is 2.14 bits per heavy atom. The fraction of sp³-hybridized carbons (Fsp3) is 0.636. The van der Waals surface area contributed by atoms with E-state index in [1.807, 2.05) is 0 Å². The molecule has 0 aromatic carbocycles. The highest BCUT2D eigenvalue weighted by molar-refractivity contribution is 7.52. The zero-order valence-corrected chi connectivity index (χ0v) is 12.9. The highest BCUT2D eigenvalue weighted by Crippen LogP contribution is 2.41. The van der Waals surface area contributed by atoms with Crippen LogP contribution in [0.25, 0.3) is 0 Å². The van der Waals surface area contributed by atoms with Gasteiger partial charge in [-0.3, -0.25) is 18.9 Å². The predicted octanol–water partition coefficient (Wildman–Crippen LogP) is -1.63. The molecule has 0 bridgehead atoms. The molecule has 22 heavy (non-hydrogen) atoms. The van der Waals surface area contributed by atoms with Gasteiger partial charge in [-0.2, -0.15) is 0 Å². The second-order valence-corrected chi connectivity index (χ2v) is 6.36. The van der Waals surface area contributed by atoms with Gasteiger partial charge in [0, 0.05) is 11.8 Å². The van der Waals surface area contributed by atoms with Crippen molar-refractivity contribution in [3.05, 3.63) is 32.6 Å². The van der Waals surface area contributed by atoms with E-state index in [2.05, 4.69) is 9.51 Å². The molecule has 1 heterocycles. The molecule has 1 aromatic rings. The lowest BCUT2D eigenvalue weighted by molar-refractivity contribution is 0.0448. The van der Waals surface area contributed by atoms with Gasteiger partial charge in [0.25, 0.3) is 5.56 Å². The fourth-order valence-corrected chi connectivity index (χ4v) is 2.26. The molecule has 0 saturated carbocycles. The predicted molar refractivity (Wildman–Crippen MR) is 75.7 cm³/mol. The second kappa shape index (κ2) is 8.37. The Labute approximate surface area is 125 Å². The molecule has 0 aliphatic carbocycles.